The molecule has 0 unspecified atom stereocenters. The maximum atomic E-state index is 11.5. The average Bonchev–Trinajstić information content (AvgIpc) is 3.15. The molecule has 3 rings (SSSR count). The Morgan fingerprint density at radius 3 is 2.40 bits per heavy atom. The van der Waals surface area contributed by atoms with Gasteiger partial charge in [-0.2, -0.15) is 0 Å². The highest BCUT2D eigenvalue weighted by Crippen LogP contribution is 2.27. The summed E-state index contributed by atoms with van der Waals surface area (Å²) in [5.41, 5.74) is 1.07. The Morgan fingerprint density at radius 1 is 1.00 bits per heavy atom. The van der Waals surface area contributed by atoms with E-state index in [0.717, 1.165) is 16.2 Å². The van der Waals surface area contributed by atoms with Gasteiger partial charge < -0.3 is 14.6 Å². The third-order valence-corrected chi connectivity index (χ3v) is 4.39. The number of carboxylic acids is 1. The van der Waals surface area contributed by atoms with Crippen LogP contribution in [0.1, 0.15) is 10.4 Å². The summed E-state index contributed by atoms with van der Waals surface area (Å²) in [7, 11) is 1.61. The molecule has 0 saturated carbocycles. The van der Waals surface area contributed by atoms with Gasteiger partial charge >= 0.3 is 5.97 Å². The second-order valence-corrected chi connectivity index (χ2v) is 6.14. The van der Waals surface area contributed by atoms with Crippen LogP contribution in [0.2, 0.25) is 0 Å². The summed E-state index contributed by atoms with van der Waals surface area (Å²) in [6, 6.07) is 18.2. The molecule has 1 heterocycles. The fourth-order valence-corrected chi connectivity index (χ4v) is 3.00. The molecule has 3 aromatic rings. The number of hydrogen-bond donors (Lipinski definition) is 1. The third-order valence-electron chi connectivity index (χ3n) is 3.49. The second-order valence-electron chi connectivity index (χ2n) is 5.19. The Hall–Kier alpha value is -3.05. The largest absolute Gasteiger partial charge is 0.497 e. The maximum absolute atomic E-state index is 11.5. The lowest BCUT2D eigenvalue weighted by molar-refractivity contribution is -0.130. The number of aliphatic carboxylic acids is 1. The topological polar surface area (TPSA) is 55.8 Å². The van der Waals surface area contributed by atoms with Crippen LogP contribution in [-0.2, 0) is 4.79 Å². The van der Waals surface area contributed by atoms with Gasteiger partial charge in [0.25, 0.3) is 0 Å². The highest BCUT2D eigenvalue weighted by atomic mass is 32.1. The molecule has 126 valence electrons. The van der Waals surface area contributed by atoms with E-state index in [1.807, 2.05) is 41.8 Å². The molecule has 0 bridgehead atoms. The summed E-state index contributed by atoms with van der Waals surface area (Å²) in [6.45, 7) is 0. The number of carbonyl (C=O) groups is 1. The average molecular weight is 352 g/mol. The van der Waals surface area contributed by atoms with Crippen molar-refractivity contribution in [2.45, 2.75) is 0 Å². The molecule has 0 saturated heterocycles. The first kappa shape index (κ1) is 16.8. The van der Waals surface area contributed by atoms with E-state index in [1.54, 1.807) is 37.5 Å². The molecule has 1 aromatic heterocycles. The van der Waals surface area contributed by atoms with E-state index >= 15 is 0 Å². The van der Waals surface area contributed by atoms with E-state index in [2.05, 4.69) is 0 Å². The van der Waals surface area contributed by atoms with E-state index in [0.29, 0.717) is 11.5 Å². The molecule has 25 heavy (non-hydrogen) atoms. The molecule has 0 aliphatic rings. The van der Waals surface area contributed by atoms with Crippen LogP contribution in [0.25, 0.3) is 11.6 Å². The summed E-state index contributed by atoms with van der Waals surface area (Å²) < 4.78 is 11.0. The van der Waals surface area contributed by atoms with Gasteiger partial charge in [-0.3, -0.25) is 0 Å². The quantitative estimate of drug-likeness (QED) is 0.622. The number of carboxylic acid groups (broad SMARTS) is 1. The van der Waals surface area contributed by atoms with Gasteiger partial charge in [0, 0.05) is 10.9 Å². The van der Waals surface area contributed by atoms with Crippen molar-refractivity contribution in [3.8, 4) is 17.2 Å². The Bertz CT molecular complexity index is 880. The molecule has 4 nitrogen and oxygen atoms in total. The normalized spacial score (nSPS) is 11.2. The van der Waals surface area contributed by atoms with E-state index in [1.165, 1.54) is 11.3 Å². The number of benzene rings is 2. The van der Waals surface area contributed by atoms with Crippen LogP contribution in [0.4, 0.5) is 0 Å². The molecule has 0 aliphatic heterocycles. The van der Waals surface area contributed by atoms with E-state index < -0.39 is 5.97 Å². The van der Waals surface area contributed by atoms with Crippen LogP contribution >= 0.6 is 11.3 Å². The van der Waals surface area contributed by atoms with Crippen LogP contribution < -0.4 is 9.47 Å². The molecule has 0 aliphatic carbocycles. The second kappa shape index (κ2) is 7.68. The number of methoxy groups -OCH3 is 1. The molecule has 5 heteroatoms. The number of thiophene rings is 1. The Kier molecular flexibility index (Phi) is 5.16. The number of ether oxygens (including phenoxy) is 2. The van der Waals surface area contributed by atoms with Crippen molar-refractivity contribution in [3.05, 3.63) is 76.5 Å². The lowest BCUT2D eigenvalue weighted by Crippen LogP contribution is -1.97. The van der Waals surface area contributed by atoms with Gasteiger partial charge in [-0.15, -0.1) is 11.3 Å². The van der Waals surface area contributed by atoms with Crippen molar-refractivity contribution >= 4 is 29.0 Å². The molecular weight excluding hydrogens is 336 g/mol. The summed E-state index contributed by atoms with van der Waals surface area (Å²) in [4.78, 5) is 12.2. The van der Waals surface area contributed by atoms with E-state index in [4.69, 9.17) is 9.47 Å². The van der Waals surface area contributed by atoms with E-state index in [9.17, 15) is 9.90 Å². The van der Waals surface area contributed by atoms with Crippen LogP contribution in [0.15, 0.2) is 66.0 Å². The van der Waals surface area contributed by atoms with Gasteiger partial charge in [-0.1, -0.05) is 24.3 Å². The number of rotatable bonds is 6. The Labute approximate surface area is 149 Å². The first-order chi connectivity index (χ1) is 12.2. The zero-order valence-electron chi connectivity index (χ0n) is 13.5. The molecule has 0 fully saturated rings. The molecule has 2 aromatic carbocycles. The molecular formula is C20H16O4S. The van der Waals surface area contributed by atoms with Crippen molar-refractivity contribution in [2.24, 2.45) is 0 Å². The lowest BCUT2D eigenvalue weighted by Gasteiger charge is -2.07. The van der Waals surface area contributed by atoms with Crippen molar-refractivity contribution in [3.63, 3.8) is 0 Å². The minimum atomic E-state index is -0.945. The highest BCUT2D eigenvalue weighted by Gasteiger charge is 2.11. The van der Waals surface area contributed by atoms with Gasteiger partial charge in [0.2, 0.25) is 0 Å². The minimum Gasteiger partial charge on any atom is -0.497 e. The predicted octanol–water partition coefficient (Wildman–Crippen LogP) is 5.17. The summed E-state index contributed by atoms with van der Waals surface area (Å²) in [6.07, 6.45) is 1.66. The minimum absolute atomic E-state index is 0.275. The van der Waals surface area contributed by atoms with Gasteiger partial charge in [0.1, 0.15) is 17.2 Å². The Morgan fingerprint density at radius 2 is 1.76 bits per heavy atom. The molecule has 0 spiro atoms. The monoisotopic (exact) mass is 352 g/mol. The standard InChI is InChI=1S/C20H16O4S/c1-23-16-4-2-5-17(13-16)24-15-9-7-14(8-10-15)12-18(20(21)22)19-6-3-11-25-19/h2-13H,1H3,(H,21,22)/b18-12-. The summed E-state index contributed by atoms with van der Waals surface area (Å²) >= 11 is 1.40. The first-order valence-corrected chi connectivity index (χ1v) is 8.44. The van der Waals surface area contributed by atoms with Gasteiger partial charge in [0.05, 0.1) is 12.7 Å². The van der Waals surface area contributed by atoms with Crippen molar-refractivity contribution in [2.75, 3.05) is 7.11 Å². The van der Waals surface area contributed by atoms with Gasteiger partial charge in [0.15, 0.2) is 0 Å². The molecule has 0 amide bonds. The zero-order valence-corrected chi connectivity index (χ0v) is 14.3. The zero-order chi connectivity index (χ0) is 17.6. The summed E-state index contributed by atoms with van der Waals surface area (Å²) in [5.74, 6) is 1.11. The Balaban J connectivity index is 1.79. The van der Waals surface area contributed by atoms with E-state index in [-0.39, 0.29) is 5.57 Å². The summed E-state index contributed by atoms with van der Waals surface area (Å²) in [5, 5.41) is 11.3. The fraction of sp³-hybridized carbons (Fsp3) is 0.0500. The predicted molar refractivity (Wildman–Crippen MR) is 99.3 cm³/mol. The molecule has 0 radical (unpaired) electrons. The van der Waals surface area contributed by atoms with Gasteiger partial charge in [-0.05, 0) is 47.4 Å². The van der Waals surface area contributed by atoms with Crippen LogP contribution in [0, 0.1) is 0 Å². The molecule has 0 atom stereocenters. The molecule has 1 N–H and O–H groups in total. The number of hydrogen-bond acceptors (Lipinski definition) is 4. The van der Waals surface area contributed by atoms with Crippen LogP contribution in [0.3, 0.4) is 0 Å². The fourth-order valence-electron chi connectivity index (χ4n) is 2.27. The van der Waals surface area contributed by atoms with Crippen LogP contribution in [0.5, 0.6) is 17.2 Å². The lowest BCUT2D eigenvalue weighted by atomic mass is 10.1. The highest BCUT2D eigenvalue weighted by molar-refractivity contribution is 7.11. The van der Waals surface area contributed by atoms with Crippen molar-refractivity contribution in [1.29, 1.82) is 0 Å². The maximum Gasteiger partial charge on any atom is 0.337 e. The van der Waals surface area contributed by atoms with Gasteiger partial charge in [-0.25, -0.2) is 4.79 Å². The third kappa shape index (κ3) is 4.28. The smallest absolute Gasteiger partial charge is 0.337 e. The SMILES string of the molecule is COc1cccc(Oc2ccc(/C=C(\C(=O)O)c3cccs3)cc2)c1. The first-order valence-electron chi connectivity index (χ1n) is 7.56. The van der Waals surface area contributed by atoms with Crippen molar-refractivity contribution in [1.82, 2.24) is 0 Å². The van der Waals surface area contributed by atoms with Crippen molar-refractivity contribution < 1.29 is 19.4 Å². The van der Waals surface area contributed by atoms with Crippen LogP contribution in [-0.4, -0.2) is 18.2 Å².